The predicted octanol–water partition coefficient (Wildman–Crippen LogP) is 2.15. The van der Waals surface area contributed by atoms with Crippen LogP contribution in [0.15, 0.2) is 45.7 Å². The molecule has 2 aromatic rings. The van der Waals surface area contributed by atoms with Crippen molar-refractivity contribution in [1.29, 1.82) is 0 Å². The average molecular weight is 295 g/mol. The van der Waals surface area contributed by atoms with Crippen LogP contribution in [0.1, 0.15) is 10.4 Å². The van der Waals surface area contributed by atoms with Crippen molar-refractivity contribution in [2.24, 2.45) is 10.2 Å². The molecule has 0 saturated heterocycles. The number of nitrogens with one attached hydrogen (secondary N) is 1. The van der Waals surface area contributed by atoms with Crippen LogP contribution in [0.3, 0.4) is 0 Å². The van der Waals surface area contributed by atoms with Crippen molar-refractivity contribution in [3.05, 3.63) is 46.2 Å². The Bertz CT molecular complexity index is 688. The summed E-state index contributed by atoms with van der Waals surface area (Å²) >= 11 is 1.61. The van der Waals surface area contributed by atoms with Gasteiger partial charge in [-0.1, -0.05) is 0 Å². The van der Waals surface area contributed by atoms with Crippen LogP contribution in [0.5, 0.6) is 0 Å². The lowest BCUT2D eigenvalue weighted by atomic mass is 10.3. The fourth-order valence-corrected chi connectivity index (χ4v) is 2.70. The second kappa shape index (κ2) is 5.52. The van der Waals surface area contributed by atoms with Gasteiger partial charge in [-0.2, -0.15) is 5.10 Å². The summed E-state index contributed by atoms with van der Waals surface area (Å²) in [5.41, 5.74) is 4.69. The molecule has 1 aromatic carbocycles. The Morgan fingerprint density at radius 3 is 2.47 bits per heavy atom. The van der Waals surface area contributed by atoms with Gasteiger partial charge in [-0.3, -0.25) is 5.43 Å². The van der Waals surface area contributed by atoms with E-state index < -0.39 is 10.0 Å². The topological polar surface area (TPSA) is 84.5 Å². The quantitative estimate of drug-likeness (QED) is 0.669. The molecule has 0 fully saturated rings. The second-order valence-electron chi connectivity index (χ2n) is 3.91. The normalized spacial score (nSPS) is 11.9. The third-order valence-corrected chi connectivity index (χ3v) is 4.34. The number of hydrazone groups is 1. The summed E-state index contributed by atoms with van der Waals surface area (Å²) in [6.07, 6.45) is 1.73. The van der Waals surface area contributed by atoms with Crippen LogP contribution < -0.4 is 10.6 Å². The maximum atomic E-state index is 11.1. The number of anilines is 1. The number of hydrogen-bond donors (Lipinski definition) is 2. The summed E-state index contributed by atoms with van der Waals surface area (Å²) < 4.78 is 22.2. The molecule has 100 valence electrons. The van der Waals surface area contributed by atoms with E-state index in [2.05, 4.69) is 10.5 Å². The Labute approximate surface area is 115 Å². The van der Waals surface area contributed by atoms with Crippen LogP contribution in [0.4, 0.5) is 5.69 Å². The van der Waals surface area contributed by atoms with Gasteiger partial charge in [-0.05, 0) is 48.2 Å². The molecule has 2 rings (SSSR count). The highest BCUT2D eigenvalue weighted by Crippen LogP contribution is 2.14. The molecule has 0 aliphatic carbocycles. The molecular weight excluding hydrogens is 282 g/mol. The summed E-state index contributed by atoms with van der Waals surface area (Å²) in [5.74, 6) is 0. The van der Waals surface area contributed by atoms with Crippen LogP contribution in [-0.4, -0.2) is 14.6 Å². The Morgan fingerprint density at radius 2 is 1.95 bits per heavy atom. The molecule has 19 heavy (non-hydrogen) atoms. The maximum absolute atomic E-state index is 11.1. The standard InChI is InChI=1S/C12H13N3O2S2/c1-9-6-7-18-12(9)8-14-15-10-2-4-11(5-3-10)19(13,16)17/h2-8,15H,1H3,(H2,13,16,17)/b14-8+. The molecule has 0 aliphatic rings. The molecule has 0 amide bonds. The third kappa shape index (κ3) is 3.63. The van der Waals surface area contributed by atoms with Crippen LogP contribution >= 0.6 is 11.3 Å². The first-order chi connectivity index (χ1) is 8.97. The predicted molar refractivity (Wildman–Crippen MR) is 78.1 cm³/mol. The summed E-state index contributed by atoms with van der Waals surface area (Å²) in [4.78, 5) is 1.16. The lowest BCUT2D eigenvalue weighted by Crippen LogP contribution is -2.11. The van der Waals surface area contributed by atoms with Crippen molar-refractivity contribution in [2.45, 2.75) is 11.8 Å². The molecule has 0 radical (unpaired) electrons. The molecule has 0 unspecified atom stereocenters. The minimum atomic E-state index is -3.65. The van der Waals surface area contributed by atoms with Crippen molar-refractivity contribution >= 4 is 33.3 Å². The number of rotatable bonds is 4. The molecule has 0 saturated carbocycles. The lowest BCUT2D eigenvalue weighted by molar-refractivity contribution is 0.598. The van der Waals surface area contributed by atoms with E-state index in [-0.39, 0.29) is 4.90 Å². The highest BCUT2D eigenvalue weighted by Gasteiger charge is 2.06. The van der Waals surface area contributed by atoms with E-state index >= 15 is 0 Å². The van der Waals surface area contributed by atoms with Crippen molar-refractivity contribution in [3.8, 4) is 0 Å². The van der Waals surface area contributed by atoms with Crippen LogP contribution in [0, 0.1) is 6.92 Å². The van der Waals surface area contributed by atoms with E-state index in [1.807, 2.05) is 18.4 Å². The number of nitrogens with zero attached hydrogens (tertiary/aromatic N) is 1. The fraction of sp³-hybridized carbons (Fsp3) is 0.0833. The van der Waals surface area contributed by atoms with Gasteiger partial charge in [-0.25, -0.2) is 13.6 Å². The largest absolute Gasteiger partial charge is 0.278 e. The van der Waals surface area contributed by atoms with Gasteiger partial charge in [0.2, 0.25) is 10.0 Å². The van der Waals surface area contributed by atoms with Crippen molar-refractivity contribution in [2.75, 3.05) is 5.43 Å². The molecule has 7 heteroatoms. The van der Waals surface area contributed by atoms with E-state index in [0.29, 0.717) is 5.69 Å². The number of aryl methyl sites for hydroxylation is 1. The van der Waals surface area contributed by atoms with Crippen LogP contribution in [0.2, 0.25) is 0 Å². The number of sulfonamides is 1. The van der Waals surface area contributed by atoms with Crippen LogP contribution in [0.25, 0.3) is 0 Å². The van der Waals surface area contributed by atoms with E-state index in [9.17, 15) is 8.42 Å². The molecule has 0 bridgehead atoms. The maximum Gasteiger partial charge on any atom is 0.238 e. The van der Waals surface area contributed by atoms with E-state index in [0.717, 1.165) is 4.88 Å². The summed E-state index contributed by atoms with van der Waals surface area (Å²) in [6, 6.07) is 8.11. The van der Waals surface area contributed by atoms with Gasteiger partial charge in [-0.15, -0.1) is 11.3 Å². The van der Waals surface area contributed by atoms with Gasteiger partial charge in [0, 0.05) is 4.88 Å². The molecular formula is C12H13N3O2S2. The van der Waals surface area contributed by atoms with E-state index in [4.69, 9.17) is 5.14 Å². The minimum absolute atomic E-state index is 0.0798. The number of benzene rings is 1. The monoisotopic (exact) mass is 295 g/mol. The third-order valence-electron chi connectivity index (χ3n) is 2.46. The fourth-order valence-electron chi connectivity index (χ4n) is 1.40. The molecule has 0 aliphatic heterocycles. The van der Waals surface area contributed by atoms with Gasteiger partial charge < -0.3 is 0 Å². The first kappa shape index (κ1) is 13.7. The van der Waals surface area contributed by atoms with Gasteiger partial charge in [0.25, 0.3) is 0 Å². The zero-order valence-corrected chi connectivity index (χ0v) is 11.8. The van der Waals surface area contributed by atoms with Gasteiger partial charge in [0.1, 0.15) is 0 Å². The molecule has 1 heterocycles. The summed E-state index contributed by atoms with van der Waals surface area (Å²) in [6.45, 7) is 2.01. The first-order valence-electron chi connectivity index (χ1n) is 5.43. The molecule has 0 spiro atoms. The number of nitrogens with two attached hydrogens (primary N) is 1. The molecule has 1 aromatic heterocycles. The summed E-state index contributed by atoms with van der Waals surface area (Å²) in [5, 5.41) is 11.1. The smallest absolute Gasteiger partial charge is 0.238 e. The average Bonchev–Trinajstić information content (AvgIpc) is 2.75. The van der Waals surface area contributed by atoms with Gasteiger partial charge in [0.15, 0.2) is 0 Å². The zero-order valence-electron chi connectivity index (χ0n) is 10.2. The number of thiophene rings is 1. The second-order valence-corrected chi connectivity index (χ2v) is 6.42. The zero-order chi connectivity index (χ0) is 13.9. The highest BCUT2D eigenvalue weighted by atomic mass is 32.2. The van der Waals surface area contributed by atoms with E-state index in [1.54, 1.807) is 29.7 Å². The van der Waals surface area contributed by atoms with Crippen molar-refractivity contribution < 1.29 is 8.42 Å². The Balaban J connectivity index is 2.05. The van der Waals surface area contributed by atoms with Crippen molar-refractivity contribution in [3.63, 3.8) is 0 Å². The van der Waals surface area contributed by atoms with E-state index in [1.165, 1.54) is 17.7 Å². The first-order valence-corrected chi connectivity index (χ1v) is 7.85. The van der Waals surface area contributed by atoms with Crippen molar-refractivity contribution in [1.82, 2.24) is 0 Å². The lowest BCUT2D eigenvalue weighted by Gasteiger charge is -2.01. The highest BCUT2D eigenvalue weighted by molar-refractivity contribution is 7.89. The Kier molecular flexibility index (Phi) is 3.98. The SMILES string of the molecule is Cc1ccsc1/C=N/Nc1ccc(S(N)(=O)=O)cc1. The molecule has 0 atom stereocenters. The summed E-state index contributed by atoms with van der Waals surface area (Å²) in [7, 11) is -3.65. The Hall–Kier alpha value is -1.70. The molecule has 3 N–H and O–H groups in total. The minimum Gasteiger partial charge on any atom is -0.278 e. The van der Waals surface area contributed by atoms with Gasteiger partial charge in [0.05, 0.1) is 16.8 Å². The number of primary sulfonamides is 1. The molecule has 5 nitrogen and oxygen atoms in total. The number of hydrogen-bond acceptors (Lipinski definition) is 5. The van der Waals surface area contributed by atoms with Gasteiger partial charge >= 0.3 is 0 Å². The Morgan fingerprint density at radius 1 is 1.26 bits per heavy atom. The van der Waals surface area contributed by atoms with Crippen LogP contribution in [-0.2, 0) is 10.0 Å².